The predicted molar refractivity (Wildman–Crippen MR) is 164 cm³/mol. The number of nitrogens with zero attached hydrogens (tertiary/aromatic N) is 4. The summed E-state index contributed by atoms with van der Waals surface area (Å²) >= 11 is 6.35. The number of rotatable bonds is 9. The lowest BCUT2D eigenvalue weighted by Crippen LogP contribution is -2.41. The molecule has 1 aliphatic rings. The number of aromatic nitrogens is 1. The summed E-state index contributed by atoms with van der Waals surface area (Å²) in [5.41, 5.74) is -1.06. The molecule has 3 aromatic rings. The lowest BCUT2D eigenvalue weighted by atomic mass is 9.99. The summed E-state index contributed by atoms with van der Waals surface area (Å²) in [6.45, 7) is 7.36. The highest BCUT2D eigenvalue weighted by molar-refractivity contribution is 6.33. The number of hydrogen-bond donors (Lipinski definition) is 0. The normalized spacial score (nSPS) is 15.4. The highest BCUT2D eigenvalue weighted by Gasteiger charge is 2.34. The first-order chi connectivity index (χ1) is 21.2. The first-order valence-corrected chi connectivity index (χ1v) is 14.8. The van der Waals surface area contributed by atoms with Crippen molar-refractivity contribution in [3.8, 4) is 22.9 Å². The van der Waals surface area contributed by atoms with Gasteiger partial charge in [-0.1, -0.05) is 23.7 Å². The van der Waals surface area contributed by atoms with Gasteiger partial charge in [0.25, 0.3) is 5.91 Å². The average molecular weight is 643 g/mol. The molecule has 4 rings (SSSR count). The van der Waals surface area contributed by atoms with Crippen molar-refractivity contribution in [1.29, 1.82) is 5.26 Å². The number of carbonyl (C=O) groups excluding carboxylic acids is 2. The summed E-state index contributed by atoms with van der Waals surface area (Å²) in [5, 5.41) is 9.68. The number of esters is 1. The van der Waals surface area contributed by atoms with E-state index in [4.69, 9.17) is 21.1 Å². The highest BCUT2D eigenvalue weighted by Crippen LogP contribution is 2.36. The monoisotopic (exact) mass is 642 g/mol. The van der Waals surface area contributed by atoms with Crippen LogP contribution in [0.1, 0.15) is 61.6 Å². The van der Waals surface area contributed by atoms with Crippen LogP contribution in [0.5, 0.6) is 5.75 Å². The summed E-state index contributed by atoms with van der Waals surface area (Å²) in [4.78, 5) is 33.2. The number of alkyl halides is 3. The van der Waals surface area contributed by atoms with Gasteiger partial charge in [-0.2, -0.15) is 18.4 Å². The number of benzene rings is 2. The number of carbonyl (C=O) groups is 2. The lowest BCUT2D eigenvalue weighted by molar-refractivity contribution is -0.160. The Labute approximate surface area is 265 Å². The smallest absolute Gasteiger partial charge is 0.433 e. The summed E-state index contributed by atoms with van der Waals surface area (Å²) in [5.74, 6) is -0.166. The Morgan fingerprint density at radius 1 is 1.13 bits per heavy atom. The van der Waals surface area contributed by atoms with Gasteiger partial charge >= 0.3 is 12.1 Å². The zero-order valence-corrected chi connectivity index (χ0v) is 26.2. The fourth-order valence-electron chi connectivity index (χ4n) is 5.12. The van der Waals surface area contributed by atoms with Crippen LogP contribution in [0, 0.1) is 11.3 Å². The van der Waals surface area contributed by atoms with Gasteiger partial charge in [-0.15, -0.1) is 0 Å². The molecule has 2 aromatic carbocycles. The standard InChI is InChI=1S/C33H34ClF3N4O4/c1-32(2,3)45-31(43)27-10-7-14-41(27)15-8-16-44-28-11-6-5-9-26(28)40(4)30(42)21-12-13-25(34)23(17-21)24-20-39-29(33(35,36)37)18-22(24)19-38/h5-6,9,11-13,17-18,20,27H,7-8,10,14-16H2,1-4H3. The Bertz CT molecular complexity index is 1600. The van der Waals surface area contributed by atoms with E-state index in [1.807, 2.05) is 20.8 Å². The second kappa shape index (κ2) is 13.9. The maximum Gasteiger partial charge on any atom is 0.433 e. The number of amides is 1. The molecule has 0 spiro atoms. The molecular formula is C33H34ClF3N4O4. The lowest BCUT2D eigenvalue weighted by Gasteiger charge is -2.27. The molecule has 8 nitrogen and oxygen atoms in total. The summed E-state index contributed by atoms with van der Waals surface area (Å²) in [6, 6.07) is 13.5. The van der Waals surface area contributed by atoms with Crippen LogP contribution >= 0.6 is 11.6 Å². The molecule has 0 radical (unpaired) electrons. The first-order valence-electron chi connectivity index (χ1n) is 14.4. The van der Waals surface area contributed by atoms with E-state index >= 15 is 0 Å². The van der Waals surface area contributed by atoms with Crippen LogP contribution in [0.2, 0.25) is 5.02 Å². The number of para-hydroxylation sites is 2. The Balaban J connectivity index is 1.46. The summed E-state index contributed by atoms with van der Waals surface area (Å²) in [6.07, 6.45) is -1.47. The van der Waals surface area contributed by atoms with Gasteiger partial charge in [0.05, 0.1) is 23.9 Å². The molecule has 1 aromatic heterocycles. The van der Waals surface area contributed by atoms with E-state index in [9.17, 15) is 28.0 Å². The number of pyridine rings is 1. The number of nitriles is 1. The van der Waals surface area contributed by atoms with Crippen LogP contribution in [0.25, 0.3) is 11.1 Å². The molecule has 45 heavy (non-hydrogen) atoms. The summed E-state index contributed by atoms with van der Waals surface area (Å²) in [7, 11) is 1.58. The van der Waals surface area contributed by atoms with Gasteiger partial charge < -0.3 is 14.4 Å². The minimum atomic E-state index is -4.72. The molecule has 238 valence electrons. The topological polar surface area (TPSA) is 95.8 Å². The van der Waals surface area contributed by atoms with Crippen LogP contribution in [0.3, 0.4) is 0 Å². The van der Waals surface area contributed by atoms with Gasteiger partial charge in [0, 0.05) is 41.5 Å². The number of hydrogen-bond acceptors (Lipinski definition) is 7. The molecule has 0 saturated carbocycles. The van der Waals surface area contributed by atoms with E-state index in [0.717, 1.165) is 25.6 Å². The minimum absolute atomic E-state index is 0.0726. The molecule has 1 amide bonds. The quantitative estimate of drug-likeness (QED) is 0.181. The van der Waals surface area contributed by atoms with Crippen molar-refractivity contribution >= 4 is 29.2 Å². The molecule has 2 heterocycles. The van der Waals surface area contributed by atoms with E-state index in [1.165, 1.54) is 23.1 Å². The average Bonchev–Trinajstić information content (AvgIpc) is 3.46. The molecular weight excluding hydrogens is 609 g/mol. The Morgan fingerprint density at radius 3 is 2.56 bits per heavy atom. The number of halogens is 4. The van der Waals surface area contributed by atoms with Crippen LogP contribution in [0.15, 0.2) is 54.7 Å². The maximum atomic E-state index is 13.6. The van der Waals surface area contributed by atoms with Gasteiger partial charge in [-0.25, -0.2) is 0 Å². The van der Waals surface area contributed by atoms with Crippen molar-refractivity contribution < 1.29 is 32.2 Å². The van der Waals surface area contributed by atoms with Crippen molar-refractivity contribution in [1.82, 2.24) is 9.88 Å². The van der Waals surface area contributed by atoms with E-state index in [0.29, 0.717) is 37.1 Å². The van der Waals surface area contributed by atoms with Crippen molar-refractivity contribution in [2.45, 2.75) is 57.9 Å². The molecule has 1 fully saturated rings. The molecule has 0 aliphatic carbocycles. The van der Waals surface area contributed by atoms with Gasteiger partial charge in [0.2, 0.25) is 0 Å². The van der Waals surface area contributed by atoms with Crippen LogP contribution in [-0.4, -0.2) is 60.1 Å². The SMILES string of the molecule is CN(C(=O)c1ccc(Cl)c(-c2cnc(C(F)(F)F)cc2C#N)c1)c1ccccc1OCCCN1CCCC1C(=O)OC(C)(C)C. The second-order valence-corrected chi connectivity index (χ2v) is 12.1. The van der Waals surface area contributed by atoms with Crippen LogP contribution < -0.4 is 9.64 Å². The molecule has 1 aliphatic heterocycles. The van der Waals surface area contributed by atoms with E-state index in [-0.39, 0.29) is 39.3 Å². The maximum absolute atomic E-state index is 13.6. The predicted octanol–water partition coefficient (Wildman–Crippen LogP) is 7.14. The molecule has 0 N–H and O–H groups in total. The number of ether oxygens (including phenoxy) is 2. The van der Waals surface area contributed by atoms with Crippen molar-refractivity contribution in [3.63, 3.8) is 0 Å². The third-order valence-electron chi connectivity index (χ3n) is 7.24. The third-order valence-corrected chi connectivity index (χ3v) is 7.57. The van der Waals surface area contributed by atoms with E-state index < -0.39 is 23.4 Å². The Kier molecular flexibility index (Phi) is 10.4. The number of likely N-dealkylation sites (tertiary alicyclic amines) is 1. The van der Waals surface area contributed by atoms with Gasteiger partial charge in [0.15, 0.2) is 0 Å². The van der Waals surface area contributed by atoms with Gasteiger partial charge in [0.1, 0.15) is 23.1 Å². The minimum Gasteiger partial charge on any atom is -0.491 e. The fourth-order valence-corrected chi connectivity index (χ4v) is 5.34. The second-order valence-electron chi connectivity index (χ2n) is 11.7. The van der Waals surface area contributed by atoms with E-state index in [1.54, 1.807) is 37.4 Å². The van der Waals surface area contributed by atoms with E-state index in [2.05, 4.69) is 9.88 Å². The first kappa shape index (κ1) is 33.7. The van der Waals surface area contributed by atoms with Gasteiger partial charge in [-0.05, 0) is 83.0 Å². The van der Waals surface area contributed by atoms with Crippen LogP contribution in [0.4, 0.5) is 18.9 Å². The number of anilines is 1. The molecule has 12 heteroatoms. The van der Waals surface area contributed by atoms with Crippen LogP contribution in [-0.2, 0) is 15.7 Å². The zero-order chi connectivity index (χ0) is 32.9. The van der Waals surface area contributed by atoms with Crippen molar-refractivity contribution in [2.75, 3.05) is 31.6 Å². The Hall–Kier alpha value is -4.14. The van der Waals surface area contributed by atoms with Crippen molar-refractivity contribution in [2.24, 2.45) is 0 Å². The summed E-state index contributed by atoms with van der Waals surface area (Å²) < 4.78 is 51.1. The zero-order valence-electron chi connectivity index (χ0n) is 25.4. The Morgan fingerprint density at radius 2 is 1.87 bits per heavy atom. The fraction of sp³-hybridized carbons (Fsp3) is 0.394. The third kappa shape index (κ3) is 8.32. The molecule has 1 atom stereocenters. The molecule has 0 bridgehead atoms. The largest absolute Gasteiger partial charge is 0.491 e. The van der Waals surface area contributed by atoms with Gasteiger partial charge in [-0.3, -0.25) is 19.5 Å². The van der Waals surface area contributed by atoms with Crippen molar-refractivity contribution in [3.05, 3.63) is 76.6 Å². The molecule has 1 saturated heterocycles. The highest BCUT2D eigenvalue weighted by atomic mass is 35.5. The molecule has 1 unspecified atom stereocenters.